The smallest absolute Gasteiger partial charge is 0.333 e. The molecule has 0 radical (unpaired) electrons. The monoisotopic (exact) mass is 273 g/mol. The van der Waals surface area contributed by atoms with E-state index in [1.54, 1.807) is 0 Å². The minimum absolute atomic E-state index is 0.0608. The van der Waals surface area contributed by atoms with Gasteiger partial charge in [0.2, 0.25) is 0 Å². The topological polar surface area (TPSA) is 101 Å². The van der Waals surface area contributed by atoms with E-state index in [2.05, 4.69) is 5.32 Å². The van der Waals surface area contributed by atoms with Crippen molar-refractivity contribution in [3.63, 3.8) is 0 Å². The molecule has 0 amide bonds. The van der Waals surface area contributed by atoms with Crippen molar-refractivity contribution in [3.8, 4) is 0 Å². The highest BCUT2D eigenvalue weighted by Gasteiger charge is 2.20. The van der Waals surface area contributed by atoms with Gasteiger partial charge in [-0.3, -0.25) is 0 Å². The summed E-state index contributed by atoms with van der Waals surface area (Å²) in [5.41, 5.74) is 11.9. The predicted molar refractivity (Wildman–Crippen MR) is 71.8 cm³/mol. The van der Waals surface area contributed by atoms with E-state index in [9.17, 15) is 4.79 Å². The van der Waals surface area contributed by atoms with Crippen molar-refractivity contribution < 1.29 is 9.90 Å². The lowest BCUT2D eigenvalue weighted by Gasteiger charge is -2.28. The first kappa shape index (κ1) is 14.9. The molecule has 0 saturated heterocycles. The van der Waals surface area contributed by atoms with Gasteiger partial charge in [0, 0.05) is 17.8 Å². The number of halogens is 1. The largest absolute Gasteiger partial charge is 0.478 e. The number of carboxylic acid groups (broad SMARTS) is 1. The third-order valence-corrected chi connectivity index (χ3v) is 3.25. The molecule has 0 aliphatic heterocycles. The van der Waals surface area contributed by atoms with Crippen molar-refractivity contribution in [2.45, 2.75) is 44.7 Å². The number of aliphatic carboxylic acids is 1. The van der Waals surface area contributed by atoms with Crippen LogP contribution >= 0.6 is 11.6 Å². The Morgan fingerprint density at radius 2 is 1.94 bits per heavy atom. The molecule has 0 aromatic rings. The van der Waals surface area contributed by atoms with Gasteiger partial charge in [0.15, 0.2) is 0 Å². The standard InChI is InChI=1S/C12H20ClN3O2/c1-7(12(17)18)10(6-11(13)15)16-9-4-2-8(14)3-5-9/h6,8-9,16H,2-5,14-15H2,1H3,(H,17,18)/b10-7-,11-6-/t8-,9+. The lowest BCUT2D eigenvalue weighted by Crippen LogP contribution is -2.37. The van der Waals surface area contributed by atoms with E-state index in [1.165, 1.54) is 13.0 Å². The Balaban J connectivity index is 2.77. The van der Waals surface area contributed by atoms with E-state index in [4.69, 9.17) is 28.2 Å². The van der Waals surface area contributed by atoms with E-state index in [0.29, 0.717) is 5.70 Å². The quantitative estimate of drug-likeness (QED) is 0.351. The van der Waals surface area contributed by atoms with Gasteiger partial charge in [0.1, 0.15) is 5.16 Å². The van der Waals surface area contributed by atoms with Crippen LogP contribution in [0.1, 0.15) is 32.6 Å². The van der Waals surface area contributed by atoms with Crippen molar-refractivity contribution >= 4 is 17.6 Å². The fraction of sp³-hybridized carbons (Fsp3) is 0.583. The number of hydrogen-bond donors (Lipinski definition) is 4. The first-order valence-electron chi connectivity index (χ1n) is 5.99. The number of allylic oxidation sites excluding steroid dienone is 1. The summed E-state index contributed by atoms with van der Waals surface area (Å²) in [4.78, 5) is 11.0. The summed E-state index contributed by atoms with van der Waals surface area (Å²) >= 11 is 5.61. The summed E-state index contributed by atoms with van der Waals surface area (Å²) in [5, 5.41) is 12.3. The first-order chi connectivity index (χ1) is 8.40. The molecule has 1 saturated carbocycles. The van der Waals surface area contributed by atoms with Gasteiger partial charge in [0.25, 0.3) is 0 Å². The van der Waals surface area contributed by atoms with Crippen molar-refractivity contribution in [2.75, 3.05) is 0 Å². The van der Waals surface area contributed by atoms with Gasteiger partial charge in [0.05, 0.1) is 5.57 Å². The highest BCUT2D eigenvalue weighted by Crippen LogP contribution is 2.19. The number of carboxylic acids is 1. The number of carbonyl (C=O) groups is 1. The van der Waals surface area contributed by atoms with Gasteiger partial charge in [-0.25, -0.2) is 4.79 Å². The average molecular weight is 274 g/mol. The van der Waals surface area contributed by atoms with Crippen LogP contribution in [0.2, 0.25) is 0 Å². The SMILES string of the molecule is C/C(C(=O)O)=C(\C=C(/N)Cl)N[C@H]1CC[C@@H](N)CC1. The van der Waals surface area contributed by atoms with Crippen LogP contribution in [0, 0.1) is 0 Å². The van der Waals surface area contributed by atoms with Crippen LogP contribution in [0.25, 0.3) is 0 Å². The second-order valence-corrected chi connectivity index (χ2v) is 5.07. The maximum Gasteiger partial charge on any atom is 0.333 e. The predicted octanol–water partition coefficient (Wildman–Crippen LogP) is 1.24. The molecule has 0 heterocycles. The van der Waals surface area contributed by atoms with Crippen LogP contribution in [0.5, 0.6) is 0 Å². The van der Waals surface area contributed by atoms with Gasteiger partial charge in [-0.15, -0.1) is 0 Å². The summed E-state index contributed by atoms with van der Waals surface area (Å²) in [6, 6.07) is 0.478. The normalized spacial score (nSPS) is 26.5. The third kappa shape index (κ3) is 4.58. The van der Waals surface area contributed by atoms with Gasteiger partial charge in [-0.1, -0.05) is 11.6 Å². The molecule has 0 unspecified atom stereocenters. The molecule has 6 N–H and O–H groups in total. The van der Waals surface area contributed by atoms with Crippen molar-refractivity contribution in [2.24, 2.45) is 11.5 Å². The van der Waals surface area contributed by atoms with Crippen molar-refractivity contribution in [1.29, 1.82) is 0 Å². The van der Waals surface area contributed by atoms with Crippen LogP contribution in [0.15, 0.2) is 22.5 Å². The maximum atomic E-state index is 11.0. The van der Waals surface area contributed by atoms with E-state index in [-0.39, 0.29) is 22.8 Å². The molecule has 1 aliphatic rings. The molecule has 18 heavy (non-hydrogen) atoms. The highest BCUT2D eigenvalue weighted by atomic mass is 35.5. The molecule has 0 atom stereocenters. The molecule has 0 spiro atoms. The van der Waals surface area contributed by atoms with Crippen LogP contribution in [-0.4, -0.2) is 23.2 Å². The summed E-state index contributed by atoms with van der Waals surface area (Å²) < 4.78 is 0. The zero-order valence-electron chi connectivity index (χ0n) is 10.4. The van der Waals surface area contributed by atoms with Gasteiger partial charge < -0.3 is 21.9 Å². The Bertz CT molecular complexity index is 368. The minimum Gasteiger partial charge on any atom is -0.478 e. The molecular formula is C12H20ClN3O2. The Hall–Kier alpha value is -1.20. The van der Waals surface area contributed by atoms with Crippen molar-refractivity contribution in [3.05, 3.63) is 22.5 Å². The van der Waals surface area contributed by atoms with Gasteiger partial charge >= 0.3 is 5.97 Å². The number of nitrogens with one attached hydrogen (secondary N) is 1. The first-order valence-corrected chi connectivity index (χ1v) is 6.37. The zero-order valence-corrected chi connectivity index (χ0v) is 11.2. The third-order valence-electron chi connectivity index (χ3n) is 3.14. The van der Waals surface area contributed by atoms with Crippen LogP contribution in [0.4, 0.5) is 0 Å². The number of rotatable bonds is 4. The summed E-state index contributed by atoms with van der Waals surface area (Å²) in [5.74, 6) is -0.987. The van der Waals surface area contributed by atoms with Crippen LogP contribution in [-0.2, 0) is 4.79 Å². The molecule has 1 rings (SSSR count). The summed E-state index contributed by atoms with van der Waals surface area (Å²) in [7, 11) is 0. The molecule has 0 bridgehead atoms. The van der Waals surface area contributed by atoms with Crippen LogP contribution in [0.3, 0.4) is 0 Å². The molecule has 102 valence electrons. The molecule has 1 fully saturated rings. The lowest BCUT2D eigenvalue weighted by molar-refractivity contribution is -0.132. The molecular weight excluding hydrogens is 254 g/mol. The highest BCUT2D eigenvalue weighted by molar-refractivity contribution is 6.29. The van der Waals surface area contributed by atoms with E-state index >= 15 is 0 Å². The van der Waals surface area contributed by atoms with Gasteiger partial charge in [-0.2, -0.15) is 0 Å². The Kier molecular flexibility index (Phi) is 5.50. The van der Waals surface area contributed by atoms with E-state index in [0.717, 1.165) is 25.7 Å². The fourth-order valence-electron chi connectivity index (χ4n) is 1.99. The second-order valence-electron chi connectivity index (χ2n) is 4.63. The van der Waals surface area contributed by atoms with E-state index < -0.39 is 5.97 Å². The molecule has 0 aromatic carbocycles. The number of nitrogens with two attached hydrogens (primary N) is 2. The Morgan fingerprint density at radius 3 is 2.39 bits per heavy atom. The Labute approximate surface area is 112 Å². The second kappa shape index (κ2) is 6.66. The Morgan fingerprint density at radius 1 is 1.39 bits per heavy atom. The molecule has 0 aromatic heterocycles. The molecule has 5 nitrogen and oxygen atoms in total. The summed E-state index contributed by atoms with van der Waals surface area (Å²) in [6.45, 7) is 1.52. The lowest BCUT2D eigenvalue weighted by atomic mass is 9.91. The zero-order chi connectivity index (χ0) is 13.7. The average Bonchev–Trinajstić information content (AvgIpc) is 2.29. The summed E-state index contributed by atoms with van der Waals surface area (Å²) in [6.07, 6.45) is 5.18. The molecule has 1 aliphatic carbocycles. The number of hydrogen-bond acceptors (Lipinski definition) is 4. The fourth-order valence-corrected chi connectivity index (χ4v) is 2.10. The minimum atomic E-state index is -0.987. The molecule has 6 heteroatoms. The van der Waals surface area contributed by atoms with E-state index in [1.807, 2.05) is 0 Å². The van der Waals surface area contributed by atoms with Crippen molar-refractivity contribution in [1.82, 2.24) is 5.32 Å². The maximum absolute atomic E-state index is 11.0. The van der Waals surface area contributed by atoms with Crippen LogP contribution < -0.4 is 16.8 Å². The van der Waals surface area contributed by atoms with Gasteiger partial charge in [-0.05, 0) is 38.7 Å².